The van der Waals surface area contributed by atoms with Crippen molar-refractivity contribution in [3.63, 3.8) is 0 Å². The summed E-state index contributed by atoms with van der Waals surface area (Å²) in [4.78, 5) is 40.1. The number of ether oxygens (including phenoxy) is 2. The lowest BCUT2D eigenvalue weighted by molar-refractivity contribution is -0.274. The first-order valence-corrected chi connectivity index (χ1v) is 17.9. The van der Waals surface area contributed by atoms with Crippen LogP contribution in [0, 0.1) is 5.92 Å². The highest BCUT2D eigenvalue weighted by atomic mass is 79.9. The molecule has 9 atom stereocenters. The normalized spacial score (nSPS) is 34.1. The van der Waals surface area contributed by atoms with Gasteiger partial charge < -0.3 is 50.0 Å². The number of halogens is 1. The van der Waals surface area contributed by atoms with E-state index in [1.807, 2.05) is 38.2 Å². The zero-order valence-corrected chi connectivity index (χ0v) is 26.5. The molecule has 3 aliphatic rings. The second kappa shape index (κ2) is 11.9. The quantitative estimate of drug-likeness (QED) is 0.207. The topological polar surface area (TPSA) is 189 Å². The number of hydrogen-bond donors (Lipinski definition) is 7. The number of nitrogens with zero attached hydrogens (tertiary/aromatic N) is 1. The minimum Gasteiger partial charge on any atom is -0.432 e. The molecule has 5 rings (SSSR count). The van der Waals surface area contributed by atoms with Gasteiger partial charge in [0.2, 0.25) is 0 Å². The molecule has 234 valence electrons. The summed E-state index contributed by atoms with van der Waals surface area (Å²) in [5.74, 6) is -1.50. The van der Waals surface area contributed by atoms with Gasteiger partial charge in [-0.1, -0.05) is 35.0 Å². The van der Waals surface area contributed by atoms with Gasteiger partial charge >= 0.3 is 0 Å². The molecule has 0 aliphatic carbocycles. The zero-order chi connectivity index (χ0) is 31.4. The number of anilines is 2. The van der Waals surface area contributed by atoms with Gasteiger partial charge in [0, 0.05) is 33.8 Å². The second-order valence-electron chi connectivity index (χ2n) is 12.0. The molecule has 0 aromatic heterocycles. The lowest BCUT2D eigenvalue weighted by atomic mass is 9.82. The highest BCUT2D eigenvalue weighted by Gasteiger charge is 2.66. The van der Waals surface area contributed by atoms with Crippen LogP contribution in [0.2, 0.25) is 18.6 Å². The molecule has 43 heavy (non-hydrogen) atoms. The molecule has 7 N–H and O–H groups in total. The number of carbonyl (C=O) groups is 2. The molecule has 1 spiro atoms. The lowest BCUT2D eigenvalue weighted by Gasteiger charge is -2.37. The van der Waals surface area contributed by atoms with E-state index in [9.17, 15) is 39.9 Å². The number of aliphatic hydroxyl groups excluding tert-OH is 5. The van der Waals surface area contributed by atoms with Crippen molar-refractivity contribution in [3.8, 4) is 0 Å². The van der Waals surface area contributed by atoms with Crippen LogP contribution in [0.5, 0.6) is 0 Å². The van der Waals surface area contributed by atoms with Crippen molar-refractivity contribution in [2.24, 2.45) is 5.92 Å². The average molecular weight is 682 g/mol. The SMILES string of the molecule is C[C@@H]1[C@@H]([Si](C)(C)O)[C@H](CCO)O[C@@]12C(=O)N(Cc1cccc(NC(=O)[C@H]3O[C@@H](O)[C@H](O)[C@@H](O)[C@@H]3O)c1)c1ccc(Br)cc12. The Kier molecular flexibility index (Phi) is 8.92. The van der Waals surface area contributed by atoms with Crippen molar-refractivity contribution in [3.05, 3.63) is 58.1 Å². The monoisotopic (exact) mass is 680 g/mol. The predicted octanol–water partition coefficient (Wildman–Crippen LogP) is 0.915. The Morgan fingerprint density at radius 3 is 2.49 bits per heavy atom. The first kappa shape index (κ1) is 32.2. The molecule has 0 radical (unpaired) electrons. The molecule has 2 amide bonds. The van der Waals surface area contributed by atoms with E-state index in [0.29, 0.717) is 28.9 Å². The number of aliphatic hydroxyl groups is 5. The summed E-state index contributed by atoms with van der Waals surface area (Å²) in [5.41, 5.74) is 0.634. The fourth-order valence-electron chi connectivity index (χ4n) is 6.83. The Bertz CT molecular complexity index is 1390. The van der Waals surface area contributed by atoms with Gasteiger partial charge in [-0.05, 0) is 55.4 Å². The molecular formula is C29H37BrN2O10Si. The summed E-state index contributed by atoms with van der Waals surface area (Å²) in [6.45, 7) is 5.54. The third-order valence-corrected chi connectivity index (χ3v) is 11.7. The van der Waals surface area contributed by atoms with E-state index in [2.05, 4.69) is 21.2 Å². The Balaban J connectivity index is 1.42. The van der Waals surface area contributed by atoms with Crippen LogP contribution in [0.25, 0.3) is 0 Å². The molecule has 2 aromatic carbocycles. The van der Waals surface area contributed by atoms with Crippen molar-refractivity contribution in [1.82, 2.24) is 0 Å². The van der Waals surface area contributed by atoms with Crippen LogP contribution in [0.4, 0.5) is 11.4 Å². The van der Waals surface area contributed by atoms with Crippen LogP contribution < -0.4 is 10.2 Å². The van der Waals surface area contributed by atoms with Crippen LogP contribution in [0.15, 0.2) is 46.9 Å². The van der Waals surface area contributed by atoms with Crippen molar-refractivity contribution >= 4 is 47.4 Å². The molecule has 2 aromatic rings. The van der Waals surface area contributed by atoms with Gasteiger partial charge in [0.05, 0.1) is 18.3 Å². The molecule has 14 heteroatoms. The van der Waals surface area contributed by atoms with Crippen molar-refractivity contribution in [2.45, 2.75) is 80.9 Å². The summed E-state index contributed by atoms with van der Waals surface area (Å²) in [6.07, 6.45) is -9.02. The average Bonchev–Trinajstić information content (AvgIpc) is 3.36. The number of carbonyl (C=O) groups excluding carboxylic acids is 2. The first-order chi connectivity index (χ1) is 20.2. The number of benzene rings is 2. The largest absolute Gasteiger partial charge is 0.432 e. The predicted molar refractivity (Wildman–Crippen MR) is 160 cm³/mol. The standard InChI is InChI=1S/C29H37BrN2O10Si/c1-14-25(43(2,3)40)20(9-10-33)42-29(14)18-12-16(30)7-8-19(18)32(28(29)39)13-15-5-4-6-17(11-15)31-26(37)24-22(35)21(34)23(36)27(38)41-24/h4-8,11-12,14,20-25,27,33-36,38,40H,9-10,13H2,1-3H3,(H,31,37)/t14-,20+,21+,22+,23-,24+,25-,27-,29+/m1/s1. The zero-order valence-electron chi connectivity index (χ0n) is 23.9. The number of amides is 2. The van der Waals surface area contributed by atoms with Gasteiger partial charge in [0.25, 0.3) is 11.8 Å². The molecule has 2 fully saturated rings. The van der Waals surface area contributed by atoms with Gasteiger partial charge in [0.1, 0.15) is 18.3 Å². The lowest BCUT2D eigenvalue weighted by Crippen LogP contribution is -2.60. The third-order valence-electron chi connectivity index (χ3n) is 8.74. The highest BCUT2D eigenvalue weighted by Crippen LogP contribution is 2.60. The van der Waals surface area contributed by atoms with Crippen LogP contribution >= 0.6 is 15.9 Å². The van der Waals surface area contributed by atoms with Gasteiger partial charge in [-0.2, -0.15) is 0 Å². The Morgan fingerprint density at radius 1 is 1.09 bits per heavy atom. The van der Waals surface area contributed by atoms with Gasteiger partial charge in [-0.25, -0.2) is 0 Å². The van der Waals surface area contributed by atoms with Crippen molar-refractivity contribution < 1.29 is 49.4 Å². The Hall–Kier alpha value is -2.24. The van der Waals surface area contributed by atoms with Crippen LogP contribution in [0.1, 0.15) is 24.5 Å². The fourth-order valence-corrected chi connectivity index (χ4v) is 9.79. The van der Waals surface area contributed by atoms with Crippen LogP contribution in [-0.2, 0) is 31.2 Å². The van der Waals surface area contributed by atoms with E-state index >= 15 is 0 Å². The second-order valence-corrected chi connectivity index (χ2v) is 16.9. The maximum absolute atomic E-state index is 14.4. The van der Waals surface area contributed by atoms with Crippen LogP contribution in [0.3, 0.4) is 0 Å². The molecule has 0 unspecified atom stereocenters. The number of hydrogen-bond acceptors (Lipinski definition) is 10. The molecule has 12 nitrogen and oxygen atoms in total. The van der Waals surface area contributed by atoms with E-state index in [0.717, 1.165) is 4.47 Å². The van der Waals surface area contributed by atoms with E-state index in [-0.39, 0.29) is 30.5 Å². The Morgan fingerprint density at radius 2 is 1.81 bits per heavy atom. The highest BCUT2D eigenvalue weighted by molar-refractivity contribution is 9.10. The van der Waals surface area contributed by atoms with Gasteiger partial charge in [-0.3, -0.25) is 9.59 Å². The van der Waals surface area contributed by atoms with Gasteiger partial charge in [0.15, 0.2) is 26.3 Å². The number of rotatable bonds is 7. The fraction of sp³-hybridized carbons (Fsp3) is 0.517. The summed E-state index contributed by atoms with van der Waals surface area (Å²) in [5, 5.41) is 52.0. The molecule has 0 bridgehead atoms. The van der Waals surface area contributed by atoms with Crippen LogP contribution in [-0.4, -0.2) is 93.9 Å². The smallest absolute Gasteiger partial charge is 0.264 e. The van der Waals surface area contributed by atoms with E-state index < -0.39 is 56.6 Å². The van der Waals surface area contributed by atoms with Crippen molar-refractivity contribution in [1.29, 1.82) is 0 Å². The molecule has 0 saturated carbocycles. The minimum atomic E-state index is -2.83. The molecule has 3 heterocycles. The maximum atomic E-state index is 14.4. The molecular weight excluding hydrogens is 644 g/mol. The number of fused-ring (bicyclic) bond motifs is 2. The first-order valence-electron chi connectivity index (χ1n) is 14.1. The molecule has 3 aliphatic heterocycles. The Labute approximate surface area is 258 Å². The van der Waals surface area contributed by atoms with E-state index in [1.54, 1.807) is 29.2 Å². The van der Waals surface area contributed by atoms with Crippen molar-refractivity contribution in [2.75, 3.05) is 16.8 Å². The van der Waals surface area contributed by atoms with Gasteiger partial charge in [-0.15, -0.1) is 0 Å². The summed E-state index contributed by atoms with van der Waals surface area (Å²) < 4.78 is 12.4. The third kappa shape index (κ3) is 5.58. The summed E-state index contributed by atoms with van der Waals surface area (Å²) in [6, 6.07) is 12.2. The minimum absolute atomic E-state index is 0.121. The summed E-state index contributed by atoms with van der Waals surface area (Å²) in [7, 11) is -2.83. The summed E-state index contributed by atoms with van der Waals surface area (Å²) >= 11 is 3.52. The molecule has 2 saturated heterocycles. The van der Waals surface area contributed by atoms with E-state index in [1.165, 1.54) is 0 Å². The number of nitrogens with one attached hydrogen (secondary N) is 1. The maximum Gasteiger partial charge on any atom is 0.264 e. The van der Waals surface area contributed by atoms with E-state index in [4.69, 9.17) is 9.47 Å².